The number of nitrogens with one attached hydrogen (secondary N) is 3. The van der Waals surface area contributed by atoms with E-state index < -0.39 is 56.7 Å². The summed E-state index contributed by atoms with van der Waals surface area (Å²) in [5, 5.41) is 7.87. The second kappa shape index (κ2) is 12.8. The number of hydrogen-bond donors (Lipinski definition) is 3. The van der Waals surface area contributed by atoms with E-state index in [9.17, 15) is 27.6 Å². The maximum absolute atomic E-state index is 13.9. The minimum atomic E-state index is -3.83. The summed E-state index contributed by atoms with van der Waals surface area (Å²) in [7, 11) is -2.13. The van der Waals surface area contributed by atoms with Gasteiger partial charge < -0.3 is 15.0 Å². The van der Waals surface area contributed by atoms with Crippen molar-refractivity contribution >= 4 is 50.9 Å². The van der Waals surface area contributed by atoms with Gasteiger partial charge in [0.1, 0.15) is 11.6 Å². The van der Waals surface area contributed by atoms with E-state index in [2.05, 4.69) is 20.3 Å². The molecule has 3 N–H and O–H groups in total. The van der Waals surface area contributed by atoms with E-state index in [1.165, 1.54) is 11.3 Å². The fourth-order valence-corrected chi connectivity index (χ4v) is 8.43. The van der Waals surface area contributed by atoms with E-state index in [1.807, 2.05) is 30.5 Å². The van der Waals surface area contributed by atoms with E-state index >= 15 is 0 Å². The molecule has 246 valence electrons. The van der Waals surface area contributed by atoms with Gasteiger partial charge in [0.2, 0.25) is 21.8 Å². The number of anilines is 1. The predicted octanol–water partition coefficient (Wildman–Crippen LogP) is 3.74. The van der Waals surface area contributed by atoms with Crippen LogP contribution in [-0.4, -0.2) is 72.6 Å². The molecule has 1 aliphatic heterocycles. The van der Waals surface area contributed by atoms with Crippen molar-refractivity contribution in [2.24, 2.45) is 17.8 Å². The van der Waals surface area contributed by atoms with Crippen LogP contribution in [0.25, 0.3) is 11.3 Å². The minimum absolute atomic E-state index is 0.0835. The average Bonchev–Trinajstić information content (AvgIpc) is 3.90. The smallest absolute Gasteiger partial charge is 0.411 e. The number of nitrogens with zero attached hydrogens (tertiary/aromatic N) is 2. The van der Waals surface area contributed by atoms with E-state index in [4.69, 9.17) is 4.74 Å². The summed E-state index contributed by atoms with van der Waals surface area (Å²) in [5.41, 5.74) is 0.736. The van der Waals surface area contributed by atoms with Crippen LogP contribution in [0.5, 0.6) is 0 Å². The van der Waals surface area contributed by atoms with Crippen molar-refractivity contribution in [3.8, 4) is 11.3 Å². The summed E-state index contributed by atoms with van der Waals surface area (Å²) in [6.07, 6.45) is 6.17. The first-order chi connectivity index (χ1) is 21.9. The number of thiazole rings is 1. The molecular formula is C32H39N5O7S2. The molecular weight excluding hydrogens is 631 g/mol. The Balaban J connectivity index is 1.18. The van der Waals surface area contributed by atoms with Crippen molar-refractivity contribution < 1.29 is 32.3 Å². The quantitative estimate of drug-likeness (QED) is 0.392. The molecule has 2 heterocycles. The molecule has 3 aliphatic carbocycles. The third-order valence-corrected chi connectivity index (χ3v) is 11.9. The molecule has 12 nitrogen and oxygen atoms in total. The van der Waals surface area contributed by atoms with E-state index in [0.29, 0.717) is 25.1 Å². The number of fused-ring (bicyclic) bond motifs is 2. The maximum Gasteiger partial charge on any atom is 0.411 e. The van der Waals surface area contributed by atoms with Crippen LogP contribution in [0.15, 0.2) is 41.8 Å². The van der Waals surface area contributed by atoms with Gasteiger partial charge in [0.25, 0.3) is 5.91 Å². The van der Waals surface area contributed by atoms with Gasteiger partial charge in [-0.2, -0.15) is 0 Å². The standard InChI is InChI=1S/C32H39N5O7S2/c1-19-33-27(18-45-19)20-8-7-10-22(14-20)34-31(41)44-23-15-25-26(16-23)29(39)37(2)13-6-4-3-5-9-21-17-32(21,35-28(25)38)30(40)36-46(42,43)24-11-12-24/h5,7-10,14,18,21,23-26H,3-4,6,11-13,15-17H2,1-2H3,(H,34,41)(H,35,38)(H,36,40)/b9-5-/t21-,23+,25+,26+,32+/m0/s1. The molecule has 0 radical (unpaired) electrons. The number of aryl methyl sites for hydroxylation is 1. The van der Waals surface area contributed by atoms with Gasteiger partial charge in [-0.1, -0.05) is 24.3 Å². The Labute approximate surface area is 272 Å². The van der Waals surface area contributed by atoms with Gasteiger partial charge in [0.05, 0.1) is 27.8 Å². The number of sulfonamides is 1. The van der Waals surface area contributed by atoms with Crippen LogP contribution in [0.2, 0.25) is 0 Å². The molecule has 0 spiro atoms. The molecule has 4 amide bonds. The summed E-state index contributed by atoms with van der Waals surface area (Å²) in [6, 6.07) is 7.23. The zero-order valence-electron chi connectivity index (χ0n) is 25.9. The molecule has 0 bridgehead atoms. The highest BCUT2D eigenvalue weighted by Crippen LogP contribution is 2.47. The van der Waals surface area contributed by atoms with Crippen molar-refractivity contribution in [1.82, 2.24) is 19.9 Å². The molecule has 1 aromatic carbocycles. The molecule has 3 fully saturated rings. The van der Waals surface area contributed by atoms with Crippen molar-refractivity contribution in [1.29, 1.82) is 0 Å². The lowest BCUT2D eigenvalue weighted by Gasteiger charge is -2.26. The van der Waals surface area contributed by atoms with Gasteiger partial charge in [0.15, 0.2) is 0 Å². The molecule has 46 heavy (non-hydrogen) atoms. The largest absolute Gasteiger partial charge is 0.446 e. The first-order valence-corrected chi connectivity index (χ1v) is 18.2. The van der Waals surface area contributed by atoms with Gasteiger partial charge in [-0.05, 0) is 70.4 Å². The van der Waals surface area contributed by atoms with E-state index in [1.54, 1.807) is 30.1 Å². The number of carbonyl (C=O) groups is 4. The summed E-state index contributed by atoms with van der Waals surface area (Å²) in [6.45, 7) is 2.44. The van der Waals surface area contributed by atoms with Gasteiger partial charge in [-0.25, -0.2) is 18.2 Å². The summed E-state index contributed by atoms with van der Waals surface area (Å²) >= 11 is 1.53. The Bertz CT molecular complexity index is 1670. The average molecular weight is 670 g/mol. The number of amides is 4. The number of ether oxygens (including phenoxy) is 1. The number of aromatic nitrogens is 1. The molecule has 1 aromatic heterocycles. The molecule has 14 heteroatoms. The van der Waals surface area contributed by atoms with Gasteiger partial charge >= 0.3 is 6.09 Å². The first-order valence-electron chi connectivity index (χ1n) is 15.7. The highest BCUT2D eigenvalue weighted by Gasteiger charge is 2.62. The Morgan fingerprint density at radius 1 is 1.15 bits per heavy atom. The predicted molar refractivity (Wildman–Crippen MR) is 172 cm³/mol. The highest BCUT2D eigenvalue weighted by atomic mass is 32.2. The number of benzene rings is 1. The van der Waals surface area contributed by atoms with Crippen LogP contribution in [-0.2, 0) is 29.1 Å². The second-order valence-corrected chi connectivity index (χ2v) is 15.8. The topological polar surface area (TPSA) is 164 Å². The lowest BCUT2D eigenvalue weighted by atomic mass is 9.93. The van der Waals surface area contributed by atoms with Crippen molar-refractivity contribution in [3.05, 3.63) is 46.8 Å². The van der Waals surface area contributed by atoms with Gasteiger partial charge in [0, 0.05) is 36.1 Å². The van der Waals surface area contributed by atoms with E-state index in [0.717, 1.165) is 35.5 Å². The third kappa shape index (κ3) is 6.97. The SMILES string of the molecule is Cc1nc(-c2cccc(NC(=O)O[C@@H]3C[C@H]4C(=O)N[C@]5(C(=O)NS(=O)(=O)C6CC6)C[C@@H]5/C=C\CCCCN(C)C(=O)[C@@H]4C3)c2)cs1. The minimum Gasteiger partial charge on any atom is -0.446 e. The van der Waals surface area contributed by atoms with Crippen molar-refractivity contribution in [3.63, 3.8) is 0 Å². The first kappa shape index (κ1) is 32.2. The van der Waals surface area contributed by atoms with Crippen LogP contribution in [0, 0.1) is 24.7 Å². The van der Waals surface area contributed by atoms with Crippen LogP contribution in [0.1, 0.15) is 56.4 Å². The molecule has 3 saturated carbocycles. The lowest BCUT2D eigenvalue weighted by molar-refractivity contribution is -0.140. The Kier molecular flexibility index (Phi) is 8.94. The zero-order chi connectivity index (χ0) is 32.6. The fourth-order valence-electron chi connectivity index (χ4n) is 6.44. The third-order valence-electron chi connectivity index (χ3n) is 9.29. The van der Waals surface area contributed by atoms with Crippen LogP contribution in [0.4, 0.5) is 10.5 Å². The fraction of sp³-hybridized carbons (Fsp3) is 0.531. The molecule has 5 atom stereocenters. The zero-order valence-corrected chi connectivity index (χ0v) is 27.5. The molecule has 0 saturated heterocycles. The highest BCUT2D eigenvalue weighted by molar-refractivity contribution is 7.91. The molecule has 6 rings (SSSR count). The Morgan fingerprint density at radius 3 is 2.67 bits per heavy atom. The summed E-state index contributed by atoms with van der Waals surface area (Å²) < 4.78 is 33.2. The van der Waals surface area contributed by atoms with Crippen LogP contribution in [0.3, 0.4) is 0 Å². The number of allylic oxidation sites excluding steroid dienone is 1. The van der Waals surface area contributed by atoms with Crippen LogP contribution < -0.4 is 15.4 Å². The molecule has 2 aromatic rings. The van der Waals surface area contributed by atoms with Crippen molar-refractivity contribution in [2.75, 3.05) is 18.9 Å². The van der Waals surface area contributed by atoms with Crippen molar-refractivity contribution in [2.45, 2.75) is 75.2 Å². The normalized spacial score (nSPS) is 29.0. The van der Waals surface area contributed by atoms with Crippen LogP contribution >= 0.6 is 11.3 Å². The lowest BCUT2D eigenvalue weighted by Crippen LogP contribution is -2.54. The Morgan fingerprint density at radius 2 is 1.93 bits per heavy atom. The summed E-state index contributed by atoms with van der Waals surface area (Å²) in [4.78, 5) is 60.0. The number of rotatable bonds is 6. The Hall–Kier alpha value is -3.78. The number of hydrogen-bond acceptors (Lipinski definition) is 9. The van der Waals surface area contributed by atoms with Gasteiger partial charge in [-0.15, -0.1) is 11.3 Å². The maximum atomic E-state index is 13.9. The monoisotopic (exact) mass is 669 g/mol. The van der Waals surface area contributed by atoms with Gasteiger partial charge in [-0.3, -0.25) is 24.4 Å². The second-order valence-electron chi connectivity index (χ2n) is 12.8. The van der Waals surface area contributed by atoms with E-state index in [-0.39, 0.29) is 31.1 Å². The molecule has 4 aliphatic rings. The number of carbonyl (C=O) groups excluding carboxylic acids is 4. The summed E-state index contributed by atoms with van der Waals surface area (Å²) in [5.74, 6) is -3.53. The molecule has 0 unspecified atom stereocenters.